The van der Waals surface area contributed by atoms with Crippen molar-refractivity contribution >= 4 is 11.6 Å². The Morgan fingerprint density at radius 2 is 1.67 bits per heavy atom. The lowest BCUT2D eigenvalue weighted by molar-refractivity contribution is -0.115. The number of hydrogen-bond acceptors (Lipinski definition) is 2. The molecule has 18 heavy (non-hydrogen) atoms. The van der Waals surface area contributed by atoms with E-state index in [9.17, 15) is 4.79 Å². The van der Waals surface area contributed by atoms with Crippen molar-refractivity contribution in [3.8, 4) is 5.75 Å². The van der Waals surface area contributed by atoms with Gasteiger partial charge < -0.3 is 10.4 Å². The molecule has 0 bridgehead atoms. The zero-order valence-electron chi connectivity index (χ0n) is 10.2. The van der Waals surface area contributed by atoms with Gasteiger partial charge in [0.15, 0.2) is 0 Å². The molecule has 3 heteroatoms. The van der Waals surface area contributed by atoms with Crippen molar-refractivity contribution in [2.45, 2.75) is 13.3 Å². The van der Waals surface area contributed by atoms with E-state index in [-0.39, 0.29) is 11.7 Å². The molecule has 0 aliphatic carbocycles. The van der Waals surface area contributed by atoms with E-state index in [1.165, 1.54) is 5.56 Å². The number of carbonyl (C=O) groups excluding carboxylic acids is 1. The highest BCUT2D eigenvalue weighted by molar-refractivity contribution is 5.92. The molecule has 0 fully saturated rings. The molecule has 0 saturated heterocycles. The minimum atomic E-state index is -0.0652. The topological polar surface area (TPSA) is 49.3 Å². The van der Waals surface area contributed by atoms with Crippen molar-refractivity contribution in [2.24, 2.45) is 0 Å². The summed E-state index contributed by atoms with van der Waals surface area (Å²) in [4.78, 5) is 11.8. The van der Waals surface area contributed by atoms with Gasteiger partial charge in [-0.05, 0) is 36.8 Å². The predicted octanol–water partition coefficient (Wildman–Crippen LogP) is 2.88. The summed E-state index contributed by atoms with van der Waals surface area (Å²) in [6.45, 7) is 2.01. The first-order valence-electron chi connectivity index (χ1n) is 5.78. The number of aromatic hydroxyl groups is 1. The van der Waals surface area contributed by atoms with Gasteiger partial charge in [-0.15, -0.1) is 0 Å². The third-order valence-electron chi connectivity index (χ3n) is 2.64. The van der Waals surface area contributed by atoms with Crippen LogP contribution in [-0.2, 0) is 11.2 Å². The average Bonchev–Trinajstić information content (AvgIpc) is 2.35. The smallest absolute Gasteiger partial charge is 0.228 e. The standard InChI is InChI=1S/C15H15NO2/c1-11-2-4-12(5-3-11)10-15(18)16-13-6-8-14(17)9-7-13/h2-9,17H,10H2,1H3,(H,16,18). The van der Waals surface area contributed by atoms with Gasteiger partial charge in [-0.2, -0.15) is 0 Å². The molecule has 2 aromatic rings. The van der Waals surface area contributed by atoms with Crippen molar-refractivity contribution in [1.82, 2.24) is 0 Å². The number of anilines is 1. The van der Waals surface area contributed by atoms with E-state index in [2.05, 4.69) is 5.32 Å². The van der Waals surface area contributed by atoms with E-state index < -0.39 is 0 Å². The summed E-state index contributed by atoms with van der Waals surface area (Å²) >= 11 is 0. The van der Waals surface area contributed by atoms with Crippen LogP contribution in [0.25, 0.3) is 0 Å². The normalized spacial score (nSPS) is 10.1. The minimum absolute atomic E-state index is 0.0652. The van der Waals surface area contributed by atoms with Gasteiger partial charge >= 0.3 is 0 Å². The molecule has 0 radical (unpaired) electrons. The number of amides is 1. The van der Waals surface area contributed by atoms with Gasteiger partial charge in [0.2, 0.25) is 5.91 Å². The summed E-state index contributed by atoms with van der Waals surface area (Å²) in [5.74, 6) is 0.121. The van der Waals surface area contributed by atoms with Gasteiger partial charge in [0.25, 0.3) is 0 Å². The molecule has 0 heterocycles. The molecule has 0 atom stereocenters. The lowest BCUT2D eigenvalue weighted by atomic mass is 10.1. The summed E-state index contributed by atoms with van der Waals surface area (Å²) in [6, 6.07) is 14.3. The summed E-state index contributed by atoms with van der Waals surface area (Å²) < 4.78 is 0. The molecule has 1 amide bonds. The maximum atomic E-state index is 11.8. The number of benzene rings is 2. The van der Waals surface area contributed by atoms with Crippen LogP contribution in [0.4, 0.5) is 5.69 Å². The Bertz CT molecular complexity index is 480. The fourth-order valence-corrected chi connectivity index (χ4v) is 1.64. The minimum Gasteiger partial charge on any atom is -0.508 e. The number of phenols is 1. The average molecular weight is 241 g/mol. The second kappa shape index (κ2) is 5.36. The lowest BCUT2D eigenvalue weighted by Gasteiger charge is -2.05. The van der Waals surface area contributed by atoms with Gasteiger partial charge in [0.05, 0.1) is 6.42 Å². The van der Waals surface area contributed by atoms with Crippen LogP contribution in [0.15, 0.2) is 48.5 Å². The number of phenolic OH excluding ortho intramolecular Hbond substituents is 1. The molecule has 92 valence electrons. The van der Waals surface area contributed by atoms with Crippen LogP contribution >= 0.6 is 0 Å². The Kier molecular flexibility index (Phi) is 3.63. The van der Waals surface area contributed by atoms with Crippen LogP contribution in [0.5, 0.6) is 5.75 Å². The van der Waals surface area contributed by atoms with Crippen LogP contribution in [0, 0.1) is 6.92 Å². The van der Waals surface area contributed by atoms with Gasteiger partial charge in [-0.25, -0.2) is 0 Å². The van der Waals surface area contributed by atoms with Crippen molar-refractivity contribution in [3.63, 3.8) is 0 Å². The SMILES string of the molecule is Cc1ccc(CC(=O)Nc2ccc(O)cc2)cc1. The molecule has 2 N–H and O–H groups in total. The highest BCUT2D eigenvalue weighted by Gasteiger charge is 2.03. The van der Waals surface area contributed by atoms with Crippen LogP contribution in [0.3, 0.4) is 0 Å². The molecule has 2 rings (SSSR count). The maximum Gasteiger partial charge on any atom is 0.228 e. The van der Waals surface area contributed by atoms with E-state index in [0.717, 1.165) is 5.56 Å². The first-order chi connectivity index (χ1) is 8.63. The number of aryl methyl sites for hydroxylation is 1. The Balaban J connectivity index is 1.96. The second-order valence-electron chi connectivity index (χ2n) is 4.26. The van der Waals surface area contributed by atoms with Crippen molar-refractivity contribution in [1.29, 1.82) is 0 Å². The molecule has 3 nitrogen and oxygen atoms in total. The molecule has 0 aliphatic rings. The van der Waals surface area contributed by atoms with E-state index >= 15 is 0 Å². The van der Waals surface area contributed by atoms with Gasteiger partial charge in [-0.1, -0.05) is 29.8 Å². The third-order valence-corrected chi connectivity index (χ3v) is 2.64. The van der Waals surface area contributed by atoms with E-state index in [0.29, 0.717) is 12.1 Å². The number of hydrogen-bond donors (Lipinski definition) is 2. The zero-order chi connectivity index (χ0) is 13.0. The van der Waals surface area contributed by atoms with Crippen LogP contribution < -0.4 is 5.32 Å². The zero-order valence-corrected chi connectivity index (χ0v) is 10.2. The summed E-state index contributed by atoms with van der Waals surface area (Å²) in [5, 5.41) is 11.9. The first kappa shape index (κ1) is 12.2. The first-order valence-corrected chi connectivity index (χ1v) is 5.78. The Morgan fingerprint density at radius 3 is 2.28 bits per heavy atom. The molecular formula is C15H15NO2. The van der Waals surface area contributed by atoms with Crippen molar-refractivity contribution < 1.29 is 9.90 Å². The number of nitrogens with one attached hydrogen (secondary N) is 1. The van der Waals surface area contributed by atoms with E-state index in [1.807, 2.05) is 31.2 Å². The maximum absolute atomic E-state index is 11.8. The highest BCUT2D eigenvalue weighted by Crippen LogP contribution is 2.14. The van der Waals surface area contributed by atoms with E-state index in [4.69, 9.17) is 5.11 Å². The fourth-order valence-electron chi connectivity index (χ4n) is 1.64. The molecule has 0 aliphatic heterocycles. The molecule has 0 saturated carbocycles. The third kappa shape index (κ3) is 3.35. The van der Waals surface area contributed by atoms with Gasteiger partial charge in [0, 0.05) is 5.69 Å². The summed E-state index contributed by atoms with van der Waals surface area (Å²) in [7, 11) is 0. The molecule has 2 aromatic carbocycles. The van der Waals surface area contributed by atoms with Crippen LogP contribution in [-0.4, -0.2) is 11.0 Å². The quantitative estimate of drug-likeness (QED) is 0.812. The lowest BCUT2D eigenvalue weighted by Crippen LogP contribution is -2.14. The van der Waals surface area contributed by atoms with Gasteiger partial charge in [0.1, 0.15) is 5.75 Å². The monoisotopic (exact) mass is 241 g/mol. The summed E-state index contributed by atoms with van der Waals surface area (Å²) in [6.07, 6.45) is 0.348. The van der Waals surface area contributed by atoms with Crippen molar-refractivity contribution in [3.05, 3.63) is 59.7 Å². The van der Waals surface area contributed by atoms with Crippen LogP contribution in [0.1, 0.15) is 11.1 Å². The van der Waals surface area contributed by atoms with Gasteiger partial charge in [-0.3, -0.25) is 4.79 Å². The predicted molar refractivity (Wildman–Crippen MR) is 71.6 cm³/mol. The molecule has 0 spiro atoms. The number of rotatable bonds is 3. The Hall–Kier alpha value is -2.29. The molecule has 0 unspecified atom stereocenters. The molecular weight excluding hydrogens is 226 g/mol. The van der Waals surface area contributed by atoms with Crippen molar-refractivity contribution in [2.75, 3.05) is 5.32 Å². The summed E-state index contributed by atoms with van der Waals surface area (Å²) in [5.41, 5.74) is 2.85. The largest absolute Gasteiger partial charge is 0.508 e. The highest BCUT2D eigenvalue weighted by atomic mass is 16.3. The Labute approximate surface area is 106 Å². The Morgan fingerprint density at radius 1 is 1.06 bits per heavy atom. The molecule has 0 aromatic heterocycles. The van der Waals surface area contributed by atoms with E-state index in [1.54, 1.807) is 24.3 Å². The number of carbonyl (C=O) groups is 1. The van der Waals surface area contributed by atoms with Crippen LogP contribution in [0.2, 0.25) is 0 Å². The fraction of sp³-hybridized carbons (Fsp3) is 0.133. The second-order valence-corrected chi connectivity index (χ2v) is 4.26.